The van der Waals surface area contributed by atoms with Crippen LogP contribution < -0.4 is 11.2 Å². The van der Waals surface area contributed by atoms with E-state index in [4.69, 9.17) is 11.6 Å². The minimum atomic E-state index is -0.594. The Hall–Kier alpha value is -3.76. The molecule has 0 aliphatic rings. The third kappa shape index (κ3) is 4.02. The fourth-order valence-corrected chi connectivity index (χ4v) is 5.06. The van der Waals surface area contributed by atoms with Crippen LogP contribution in [0.3, 0.4) is 0 Å². The lowest BCUT2D eigenvalue weighted by atomic mass is 10.2. The monoisotopic (exact) mass is 498 g/mol. The van der Waals surface area contributed by atoms with Crippen molar-refractivity contribution in [3.63, 3.8) is 0 Å². The molecule has 0 N–H and O–H groups in total. The van der Waals surface area contributed by atoms with Crippen molar-refractivity contribution in [1.29, 1.82) is 0 Å². The Morgan fingerprint density at radius 1 is 1.09 bits per heavy atom. The van der Waals surface area contributed by atoms with Crippen LogP contribution >= 0.6 is 22.9 Å². The summed E-state index contributed by atoms with van der Waals surface area (Å²) in [5.41, 5.74) is 0.255. The van der Waals surface area contributed by atoms with Gasteiger partial charge >= 0.3 is 5.69 Å². The standard InChI is InChI=1S/C23H19ClN4O5S/c1-13-18-20(29)27(16-10-6-15(24)7-11-16)23(31)26(22(18)34-19(13)21(30)25(2)3)12-14-4-8-17(9-5-14)28(32)33/h4-11H,12H2,1-3H3. The summed E-state index contributed by atoms with van der Waals surface area (Å²) in [6.45, 7) is 1.74. The van der Waals surface area contributed by atoms with Gasteiger partial charge in [-0.2, -0.15) is 0 Å². The Morgan fingerprint density at radius 2 is 1.71 bits per heavy atom. The van der Waals surface area contributed by atoms with Gasteiger partial charge in [0.1, 0.15) is 4.83 Å². The summed E-state index contributed by atoms with van der Waals surface area (Å²) in [7, 11) is 3.23. The third-order valence-corrected chi connectivity index (χ3v) is 6.94. The first-order valence-electron chi connectivity index (χ1n) is 10.1. The van der Waals surface area contributed by atoms with Crippen molar-refractivity contribution in [2.45, 2.75) is 13.5 Å². The molecule has 4 aromatic rings. The molecule has 2 aromatic carbocycles. The van der Waals surface area contributed by atoms with Gasteiger partial charge in [0.25, 0.3) is 17.2 Å². The number of hydrogen-bond acceptors (Lipinski definition) is 6. The smallest absolute Gasteiger partial charge is 0.337 e. The van der Waals surface area contributed by atoms with Crippen LogP contribution in [0.25, 0.3) is 15.9 Å². The summed E-state index contributed by atoms with van der Waals surface area (Å²) < 4.78 is 2.46. The summed E-state index contributed by atoms with van der Waals surface area (Å²) in [6.07, 6.45) is 0. The van der Waals surface area contributed by atoms with Crippen molar-refractivity contribution in [2.75, 3.05) is 14.1 Å². The van der Waals surface area contributed by atoms with Gasteiger partial charge in [0, 0.05) is 31.3 Å². The van der Waals surface area contributed by atoms with Gasteiger partial charge in [-0.3, -0.25) is 24.3 Å². The lowest BCUT2D eigenvalue weighted by Gasteiger charge is -2.12. The number of nitrogens with zero attached hydrogens (tertiary/aromatic N) is 4. The van der Waals surface area contributed by atoms with E-state index in [9.17, 15) is 24.5 Å². The molecule has 2 heterocycles. The number of rotatable bonds is 5. The number of carbonyl (C=O) groups is 1. The van der Waals surface area contributed by atoms with Crippen molar-refractivity contribution in [3.8, 4) is 5.69 Å². The largest absolute Gasteiger partial charge is 0.344 e. The van der Waals surface area contributed by atoms with Gasteiger partial charge in [0.15, 0.2) is 0 Å². The Labute approximate surface area is 202 Å². The number of nitro groups is 1. The quantitative estimate of drug-likeness (QED) is 0.307. The molecular weight excluding hydrogens is 480 g/mol. The van der Waals surface area contributed by atoms with E-state index in [1.807, 2.05) is 0 Å². The maximum atomic E-state index is 13.6. The number of hydrogen-bond donors (Lipinski definition) is 0. The number of fused-ring (bicyclic) bond motifs is 1. The molecule has 2 aromatic heterocycles. The molecule has 0 bridgehead atoms. The highest BCUT2D eigenvalue weighted by molar-refractivity contribution is 7.20. The first kappa shape index (κ1) is 23.4. The van der Waals surface area contributed by atoms with Crippen molar-refractivity contribution in [3.05, 3.63) is 101 Å². The van der Waals surface area contributed by atoms with E-state index in [0.717, 1.165) is 15.9 Å². The minimum Gasteiger partial charge on any atom is -0.344 e. The second-order valence-corrected chi connectivity index (χ2v) is 9.28. The van der Waals surface area contributed by atoms with Crippen LogP contribution in [0.2, 0.25) is 5.02 Å². The topological polar surface area (TPSA) is 107 Å². The number of amides is 1. The van der Waals surface area contributed by atoms with Crippen molar-refractivity contribution >= 4 is 44.7 Å². The van der Waals surface area contributed by atoms with Crippen LogP contribution in [0.1, 0.15) is 20.8 Å². The second-order valence-electron chi connectivity index (χ2n) is 7.85. The van der Waals surface area contributed by atoms with E-state index in [1.54, 1.807) is 57.4 Å². The number of carbonyl (C=O) groups excluding carboxylic acids is 1. The fraction of sp³-hybridized carbons (Fsp3) is 0.174. The number of nitro benzene ring substituents is 1. The summed E-state index contributed by atoms with van der Waals surface area (Å²) in [5.74, 6) is -0.273. The van der Waals surface area contributed by atoms with E-state index < -0.39 is 16.2 Å². The van der Waals surface area contributed by atoms with Gasteiger partial charge in [-0.25, -0.2) is 9.36 Å². The number of aromatic nitrogens is 2. The minimum absolute atomic E-state index is 0.0523. The number of benzene rings is 2. The Kier molecular flexibility index (Phi) is 6.11. The van der Waals surface area contributed by atoms with Gasteiger partial charge in [0.05, 0.1) is 27.4 Å². The summed E-state index contributed by atoms with van der Waals surface area (Å²) in [5, 5.41) is 11.7. The fourth-order valence-electron chi connectivity index (χ4n) is 3.62. The first-order valence-corrected chi connectivity index (χ1v) is 11.3. The lowest BCUT2D eigenvalue weighted by molar-refractivity contribution is -0.384. The van der Waals surface area contributed by atoms with Crippen molar-refractivity contribution in [2.24, 2.45) is 0 Å². The van der Waals surface area contributed by atoms with Gasteiger partial charge in [-0.1, -0.05) is 23.7 Å². The van der Waals surface area contributed by atoms with E-state index in [-0.39, 0.29) is 23.5 Å². The maximum absolute atomic E-state index is 13.6. The molecule has 0 saturated heterocycles. The molecule has 0 aliphatic carbocycles. The molecule has 0 unspecified atom stereocenters. The van der Waals surface area contributed by atoms with Crippen LogP contribution in [0, 0.1) is 17.0 Å². The van der Waals surface area contributed by atoms with Crippen molar-refractivity contribution < 1.29 is 9.72 Å². The zero-order valence-electron chi connectivity index (χ0n) is 18.4. The SMILES string of the molecule is Cc1c(C(=O)N(C)C)sc2c1c(=O)n(-c1ccc(Cl)cc1)c(=O)n2Cc1ccc([N+](=O)[O-])cc1. The third-order valence-electron chi connectivity index (χ3n) is 5.39. The van der Waals surface area contributed by atoms with Crippen LogP contribution in [0.4, 0.5) is 5.69 Å². The van der Waals surface area contributed by atoms with Crippen LogP contribution in [-0.2, 0) is 6.54 Å². The van der Waals surface area contributed by atoms with Crippen molar-refractivity contribution in [1.82, 2.24) is 14.0 Å². The number of aryl methyl sites for hydroxylation is 1. The van der Waals surface area contributed by atoms with Gasteiger partial charge in [-0.15, -0.1) is 11.3 Å². The van der Waals surface area contributed by atoms with Gasteiger partial charge < -0.3 is 4.90 Å². The highest BCUT2D eigenvalue weighted by Crippen LogP contribution is 2.29. The molecule has 0 saturated carbocycles. The molecule has 9 nitrogen and oxygen atoms in total. The molecule has 174 valence electrons. The lowest BCUT2D eigenvalue weighted by Crippen LogP contribution is -2.38. The molecule has 0 fully saturated rings. The van der Waals surface area contributed by atoms with E-state index in [1.165, 1.54) is 21.6 Å². The number of non-ortho nitro benzene ring substituents is 1. The van der Waals surface area contributed by atoms with E-state index in [2.05, 4.69) is 0 Å². The Balaban J connectivity index is 2.02. The summed E-state index contributed by atoms with van der Waals surface area (Å²) in [4.78, 5) is 52.5. The van der Waals surface area contributed by atoms with Crippen LogP contribution in [0.15, 0.2) is 58.1 Å². The zero-order valence-corrected chi connectivity index (χ0v) is 20.0. The summed E-state index contributed by atoms with van der Waals surface area (Å²) in [6, 6.07) is 12.1. The molecule has 0 atom stereocenters. The van der Waals surface area contributed by atoms with Crippen LogP contribution in [0.5, 0.6) is 0 Å². The highest BCUT2D eigenvalue weighted by Gasteiger charge is 2.24. The molecule has 34 heavy (non-hydrogen) atoms. The first-order chi connectivity index (χ1) is 16.1. The average molecular weight is 499 g/mol. The normalized spacial score (nSPS) is 11.1. The predicted molar refractivity (Wildman–Crippen MR) is 132 cm³/mol. The average Bonchev–Trinajstić information content (AvgIpc) is 3.14. The molecule has 0 aliphatic heterocycles. The number of halogens is 1. The highest BCUT2D eigenvalue weighted by atomic mass is 35.5. The molecule has 0 spiro atoms. The molecule has 0 radical (unpaired) electrons. The molecular formula is C23H19ClN4O5S. The molecule has 1 amide bonds. The zero-order chi connectivity index (χ0) is 24.7. The predicted octanol–water partition coefficient (Wildman–Crippen LogP) is 3.83. The van der Waals surface area contributed by atoms with Crippen LogP contribution in [-0.4, -0.2) is 39.0 Å². The molecule has 4 rings (SSSR count). The molecule has 11 heteroatoms. The Morgan fingerprint density at radius 3 is 2.26 bits per heavy atom. The Bertz CT molecular complexity index is 1550. The van der Waals surface area contributed by atoms with E-state index in [0.29, 0.717) is 31.5 Å². The van der Waals surface area contributed by atoms with Gasteiger partial charge in [-0.05, 0) is 42.3 Å². The second kappa shape index (κ2) is 8.88. The summed E-state index contributed by atoms with van der Waals surface area (Å²) >= 11 is 7.06. The number of thiophene rings is 1. The maximum Gasteiger partial charge on any atom is 0.337 e. The van der Waals surface area contributed by atoms with E-state index >= 15 is 0 Å². The van der Waals surface area contributed by atoms with Gasteiger partial charge in [0.2, 0.25) is 0 Å².